The second kappa shape index (κ2) is 12.0. The molecule has 0 saturated heterocycles. The molecule has 0 N–H and O–H groups in total. The summed E-state index contributed by atoms with van der Waals surface area (Å²) in [6.07, 6.45) is 9.69. The Hall–Kier alpha value is -0.0400. The molecular weight excluding hydrogens is 218 g/mol. The topological polar surface area (TPSA) is 3.24 Å². The Bertz CT molecular complexity index is 147. The summed E-state index contributed by atoms with van der Waals surface area (Å²) in [5.41, 5.74) is 0. The van der Waals surface area contributed by atoms with Crippen LogP contribution in [0.2, 0.25) is 0 Å². The molecule has 0 radical (unpaired) electrons. The molecule has 0 amide bonds. The van der Waals surface area contributed by atoms with E-state index in [1.807, 2.05) is 0 Å². The zero-order valence-electron chi connectivity index (χ0n) is 13.7. The Morgan fingerprint density at radius 2 is 1.11 bits per heavy atom. The van der Waals surface area contributed by atoms with Crippen LogP contribution >= 0.6 is 0 Å². The third-order valence-electron chi connectivity index (χ3n) is 3.55. The third kappa shape index (κ3) is 12.4. The van der Waals surface area contributed by atoms with E-state index >= 15 is 0 Å². The van der Waals surface area contributed by atoms with Crippen molar-refractivity contribution in [1.29, 1.82) is 0 Å². The van der Waals surface area contributed by atoms with E-state index in [-0.39, 0.29) is 0 Å². The van der Waals surface area contributed by atoms with Crippen LogP contribution in [0, 0.1) is 11.8 Å². The Kier molecular flexibility index (Phi) is 12.0. The Balaban J connectivity index is 3.58. The molecule has 1 heteroatoms. The summed E-state index contributed by atoms with van der Waals surface area (Å²) in [5, 5.41) is 0. The normalized spacial score (nSPS) is 12.0. The highest BCUT2D eigenvalue weighted by Gasteiger charge is 2.04. The lowest BCUT2D eigenvalue weighted by Crippen LogP contribution is -2.27. The molecule has 0 saturated carbocycles. The summed E-state index contributed by atoms with van der Waals surface area (Å²) in [4.78, 5) is 2.68. The van der Waals surface area contributed by atoms with Crippen LogP contribution in [-0.4, -0.2) is 24.5 Å². The van der Waals surface area contributed by atoms with Crippen molar-refractivity contribution in [2.24, 2.45) is 11.8 Å². The number of hydrogen-bond donors (Lipinski definition) is 0. The van der Waals surface area contributed by atoms with Gasteiger partial charge in [0.15, 0.2) is 0 Å². The minimum absolute atomic E-state index is 0.871. The lowest BCUT2D eigenvalue weighted by Gasteiger charge is -2.22. The van der Waals surface area contributed by atoms with E-state index in [0.717, 1.165) is 11.8 Å². The summed E-state index contributed by atoms with van der Waals surface area (Å²) >= 11 is 0. The van der Waals surface area contributed by atoms with Gasteiger partial charge in [-0.3, -0.25) is 0 Å². The highest BCUT2D eigenvalue weighted by atomic mass is 15.1. The Labute approximate surface area is 116 Å². The zero-order chi connectivity index (χ0) is 13.8. The van der Waals surface area contributed by atoms with Gasteiger partial charge in [0.1, 0.15) is 0 Å². The molecule has 0 spiro atoms. The van der Waals surface area contributed by atoms with E-state index in [4.69, 9.17) is 0 Å². The van der Waals surface area contributed by atoms with Crippen molar-refractivity contribution < 1.29 is 0 Å². The molecule has 0 bridgehead atoms. The highest BCUT2D eigenvalue weighted by molar-refractivity contribution is 4.59. The quantitative estimate of drug-likeness (QED) is 0.425. The number of hydrogen-bond acceptors (Lipinski definition) is 1. The van der Waals surface area contributed by atoms with Crippen LogP contribution in [0.25, 0.3) is 0 Å². The minimum Gasteiger partial charge on any atom is -0.303 e. The van der Waals surface area contributed by atoms with Crippen molar-refractivity contribution >= 4 is 0 Å². The monoisotopic (exact) mass is 255 g/mol. The number of rotatable bonds is 12. The summed E-state index contributed by atoms with van der Waals surface area (Å²) in [6, 6.07) is 0. The first-order chi connectivity index (χ1) is 8.56. The standard InChI is InChI=1S/C17H37N/c1-6-13-18(14-9-7-11-16(2)3)15-10-8-12-17(4)5/h16-17H,6-15H2,1-5H3. The molecule has 110 valence electrons. The van der Waals surface area contributed by atoms with Gasteiger partial charge in [0.25, 0.3) is 0 Å². The van der Waals surface area contributed by atoms with Crippen LogP contribution in [0.3, 0.4) is 0 Å². The van der Waals surface area contributed by atoms with Gasteiger partial charge in [-0.1, -0.05) is 60.3 Å². The average Bonchev–Trinajstić information content (AvgIpc) is 2.29. The summed E-state index contributed by atoms with van der Waals surface area (Å²) in [6.45, 7) is 15.6. The van der Waals surface area contributed by atoms with Crippen LogP contribution < -0.4 is 0 Å². The molecular formula is C17H37N. The SMILES string of the molecule is CCCN(CCCCC(C)C)CCCCC(C)C. The van der Waals surface area contributed by atoms with Gasteiger partial charge in [0.05, 0.1) is 0 Å². The maximum absolute atomic E-state index is 2.68. The largest absolute Gasteiger partial charge is 0.303 e. The molecule has 18 heavy (non-hydrogen) atoms. The fourth-order valence-electron chi connectivity index (χ4n) is 2.43. The number of nitrogens with zero attached hydrogens (tertiary/aromatic N) is 1. The molecule has 0 aliphatic heterocycles. The van der Waals surface area contributed by atoms with Crippen LogP contribution in [0.4, 0.5) is 0 Å². The van der Waals surface area contributed by atoms with Gasteiger partial charge in [-0.2, -0.15) is 0 Å². The van der Waals surface area contributed by atoms with E-state index < -0.39 is 0 Å². The van der Waals surface area contributed by atoms with Gasteiger partial charge >= 0.3 is 0 Å². The second-order valence-electron chi connectivity index (χ2n) is 6.62. The zero-order valence-corrected chi connectivity index (χ0v) is 13.7. The average molecular weight is 255 g/mol. The van der Waals surface area contributed by atoms with Gasteiger partial charge < -0.3 is 4.90 Å². The summed E-state index contributed by atoms with van der Waals surface area (Å²) in [7, 11) is 0. The van der Waals surface area contributed by atoms with Gasteiger partial charge in [-0.05, 0) is 50.7 Å². The molecule has 0 unspecified atom stereocenters. The van der Waals surface area contributed by atoms with E-state index in [1.54, 1.807) is 0 Å². The smallest absolute Gasteiger partial charge is 0.00187 e. The predicted molar refractivity (Wildman–Crippen MR) is 84.1 cm³/mol. The molecule has 1 nitrogen and oxygen atoms in total. The van der Waals surface area contributed by atoms with Crippen molar-refractivity contribution in [2.75, 3.05) is 19.6 Å². The van der Waals surface area contributed by atoms with Crippen molar-refractivity contribution in [3.05, 3.63) is 0 Å². The van der Waals surface area contributed by atoms with E-state index in [2.05, 4.69) is 39.5 Å². The first kappa shape index (κ1) is 18.0. The maximum Gasteiger partial charge on any atom is -0.00187 e. The first-order valence-corrected chi connectivity index (χ1v) is 8.28. The Morgan fingerprint density at radius 3 is 1.44 bits per heavy atom. The van der Waals surface area contributed by atoms with Crippen LogP contribution in [0.15, 0.2) is 0 Å². The summed E-state index contributed by atoms with van der Waals surface area (Å²) < 4.78 is 0. The van der Waals surface area contributed by atoms with Gasteiger partial charge in [0.2, 0.25) is 0 Å². The molecule has 0 rings (SSSR count). The minimum atomic E-state index is 0.871. The summed E-state index contributed by atoms with van der Waals surface area (Å²) in [5.74, 6) is 1.74. The fourth-order valence-corrected chi connectivity index (χ4v) is 2.43. The van der Waals surface area contributed by atoms with E-state index in [0.29, 0.717) is 0 Å². The molecule has 0 heterocycles. The molecule has 0 aliphatic carbocycles. The molecule has 0 atom stereocenters. The van der Waals surface area contributed by atoms with Crippen molar-refractivity contribution in [2.45, 2.75) is 79.6 Å². The van der Waals surface area contributed by atoms with Gasteiger partial charge in [0, 0.05) is 0 Å². The first-order valence-electron chi connectivity index (χ1n) is 8.28. The lowest BCUT2D eigenvalue weighted by atomic mass is 10.1. The maximum atomic E-state index is 2.68. The highest BCUT2D eigenvalue weighted by Crippen LogP contribution is 2.10. The Morgan fingerprint density at radius 1 is 0.667 bits per heavy atom. The van der Waals surface area contributed by atoms with Crippen LogP contribution in [-0.2, 0) is 0 Å². The second-order valence-corrected chi connectivity index (χ2v) is 6.62. The predicted octanol–water partition coefficient (Wildman–Crippen LogP) is 5.35. The molecule has 0 aliphatic rings. The molecule has 0 fully saturated rings. The van der Waals surface area contributed by atoms with E-state index in [9.17, 15) is 0 Å². The van der Waals surface area contributed by atoms with E-state index in [1.165, 1.54) is 64.6 Å². The van der Waals surface area contributed by atoms with Crippen molar-refractivity contribution in [3.8, 4) is 0 Å². The molecule has 0 aromatic rings. The van der Waals surface area contributed by atoms with Gasteiger partial charge in [-0.25, -0.2) is 0 Å². The van der Waals surface area contributed by atoms with Crippen LogP contribution in [0.1, 0.15) is 79.6 Å². The van der Waals surface area contributed by atoms with Gasteiger partial charge in [-0.15, -0.1) is 0 Å². The van der Waals surface area contributed by atoms with Crippen molar-refractivity contribution in [3.63, 3.8) is 0 Å². The van der Waals surface area contributed by atoms with Crippen LogP contribution in [0.5, 0.6) is 0 Å². The molecule has 0 aromatic carbocycles. The lowest BCUT2D eigenvalue weighted by molar-refractivity contribution is 0.258. The fraction of sp³-hybridized carbons (Fsp3) is 1.00. The molecule has 0 aromatic heterocycles. The number of unbranched alkanes of at least 4 members (excludes halogenated alkanes) is 2. The third-order valence-corrected chi connectivity index (χ3v) is 3.55. The van der Waals surface area contributed by atoms with Crippen molar-refractivity contribution in [1.82, 2.24) is 4.90 Å².